The highest BCUT2D eigenvalue weighted by Gasteiger charge is 2.18. The fourth-order valence-electron chi connectivity index (χ4n) is 1.18. The van der Waals surface area contributed by atoms with Gasteiger partial charge in [-0.2, -0.15) is 0 Å². The fourth-order valence-corrected chi connectivity index (χ4v) is 1.18. The maximum absolute atomic E-state index is 11.4. The molecule has 0 unspecified atom stereocenters. The second-order valence-electron chi connectivity index (χ2n) is 5.05. The van der Waals surface area contributed by atoms with Crippen molar-refractivity contribution in [1.29, 1.82) is 0 Å². The van der Waals surface area contributed by atoms with Crippen molar-refractivity contribution in [2.24, 2.45) is 5.92 Å². The van der Waals surface area contributed by atoms with E-state index in [0.717, 1.165) is 0 Å². The number of hydrogen-bond acceptors (Lipinski definition) is 4. The number of aliphatic hydroxyl groups is 1. The van der Waals surface area contributed by atoms with Crippen LogP contribution in [0.5, 0.6) is 0 Å². The van der Waals surface area contributed by atoms with Crippen molar-refractivity contribution < 1.29 is 19.4 Å². The van der Waals surface area contributed by atoms with E-state index in [2.05, 4.69) is 0 Å². The number of aliphatic hydroxyl groups excluding tert-OH is 1. The Hall–Kier alpha value is -0.610. The van der Waals surface area contributed by atoms with Gasteiger partial charge in [0.2, 0.25) is 0 Å². The van der Waals surface area contributed by atoms with Crippen LogP contribution < -0.4 is 0 Å². The van der Waals surface area contributed by atoms with Gasteiger partial charge in [0, 0.05) is 19.8 Å². The number of carbonyl (C=O) groups is 1. The minimum atomic E-state index is -0.422. The summed E-state index contributed by atoms with van der Waals surface area (Å²) in [5.74, 6) is -0.0423. The second kappa shape index (κ2) is 7.63. The molecule has 0 saturated carbocycles. The van der Waals surface area contributed by atoms with Crippen LogP contribution in [0.25, 0.3) is 0 Å². The lowest BCUT2D eigenvalue weighted by Gasteiger charge is -2.20. The van der Waals surface area contributed by atoms with Crippen molar-refractivity contribution in [3.05, 3.63) is 0 Å². The van der Waals surface area contributed by atoms with E-state index < -0.39 is 5.60 Å². The molecule has 0 aliphatic rings. The van der Waals surface area contributed by atoms with E-state index in [-0.39, 0.29) is 18.5 Å². The monoisotopic (exact) mass is 232 g/mol. The van der Waals surface area contributed by atoms with Gasteiger partial charge in [0.05, 0.1) is 6.42 Å². The largest absolute Gasteiger partial charge is 0.460 e. The minimum absolute atomic E-state index is 0.139. The molecule has 4 nitrogen and oxygen atoms in total. The van der Waals surface area contributed by atoms with Gasteiger partial charge in [-0.15, -0.1) is 0 Å². The van der Waals surface area contributed by atoms with Crippen LogP contribution >= 0.6 is 0 Å². The molecular weight excluding hydrogens is 208 g/mol. The molecule has 0 fully saturated rings. The van der Waals surface area contributed by atoms with Crippen LogP contribution in [0.15, 0.2) is 0 Å². The molecule has 0 amide bonds. The summed E-state index contributed by atoms with van der Waals surface area (Å²) in [4.78, 5) is 11.4. The Labute approximate surface area is 97.9 Å². The Morgan fingerprint density at radius 1 is 1.38 bits per heavy atom. The average Bonchev–Trinajstić information content (AvgIpc) is 2.09. The molecule has 0 bridgehead atoms. The second-order valence-corrected chi connectivity index (χ2v) is 5.05. The van der Waals surface area contributed by atoms with Crippen molar-refractivity contribution in [2.45, 2.75) is 46.1 Å². The van der Waals surface area contributed by atoms with E-state index in [1.165, 1.54) is 0 Å². The maximum Gasteiger partial charge on any atom is 0.306 e. The lowest BCUT2D eigenvalue weighted by atomic mass is 10.1. The van der Waals surface area contributed by atoms with Crippen molar-refractivity contribution in [3.8, 4) is 0 Å². The summed E-state index contributed by atoms with van der Waals surface area (Å²) in [5, 5.41) is 8.55. The number of ether oxygens (including phenoxy) is 2. The van der Waals surface area contributed by atoms with Gasteiger partial charge < -0.3 is 14.6 Å². The predicted molar refractivity (Wildman–Crippen MR) is 62.1 cm³/mol. The first-order chi connectivity index (χ1) is 7.35. The van der Waals surface area contributed by atoms with Gasteiger partial charge in [0.15, 0.2) is 0 Å². The Morgan fingerprint density at radius 3 is 2.50 bits per heavy atom. The van der Waals surface area contributed by atoms with Gasteiger partial charge in [-0.05, 0) is 33.1 Å². The van der Waals surface area contributed by atoms with Crippen LogP contribution in [0.1, 0.15) is 40.5 Å². The first-order valence-electron chi connectivity index (χ1n) is 5.75. The Kier molecular flexibility index (Phi) is 7.34. The topological polar surface area (TPSA) is 55.8 Å². The molecule has 1 N–H and O–H groups in total. The molecule has 0 aromatic heterocycles. The third-order valence-electron chi connectivity index (χ3n) is 1.78. The SMILES string of the molecule is C[C@@H](COCCCO)CC(=O)OC(C)(C)C. The molecule has 0 aromatic rings. The summed E-state index contributed by atoms with van der Waals surface area (Å²) in [6.07, 6.45) is 1.01. The zero-order valence-corrected chi connectivity index (χ0v) is 10.8. The van der Waals surface area contributed by atoms with Crippen molar-refractivity contribution in [2.75, 3.05) is 19.8 Å². The molecule has 0 spiro atoms. The standard InChI is InChI=1S/C12H24O4/c1-10(9-15-7-5-6-13)8-11(14)16-12(2,3)4/h10,13H,5-9H2,1-4H3/t10-/m1/s1. The quantitative estimate of drug-likeness (QED) is 0.536. The Bertz CT molecular complexity index is 196. The molecule has 0 rings (SSSR count). The lowest BCUT2D eigenvalue weighted by Crippen LogP contribution is -2.25. The zero-order chi connectivity index (χ0) is 12.6. The van der Waals surface area contributed by atoms with Gasteiger partial charge in [-0.25, -0.2) is 0 Å². The summed E-state index contributed by atoms with van der Waals surface area (Å²) in [6, 6.07) is 0. The van der Waals surface area contributed by atoms with Gasteiger partial charge >= 0.3 is 5.97 Å². The van der Waals surface area contributed by atoms with Crippen LogP contribution in [-0.4, -0.2) is 36.5 Å². The lowest BCUT2D eigenvalue weighted by molar-refractivity contribution is -0.156. The average molecular weight is 232 g/mol. The Balaban J connectivity index is 3.62. The molecule has 0 radical (unpaired) electrons. The van der Waals surface area contributed by atoms with Gasteiger partial charge in [-0.3, -0.25) is 4.79 Å². The van der Waals surface area contributed by atoms with E-state index in [4.69, 9.17) is 14.6 Å². The van der Waals surface area contributed by atoms with Crippen LogP contribution in [0.3, 0.4) is 0 Å². The number of hydrogen-bond donors (Lipinski definition) is 1. The molecule has 0 aliphatic heterocycles. The van der Waals surface area contributed by atoms with Crippen LogP contribution in [0.2, 0.25) is 0 Å². The number of rotatable bonds is 7. The highest BCUT2D eigenvalue weighted by molar-refractivity contribution is 5.70. The first kappa shape index (κ1) is 15.4. The fraction of sp³-hybridized carbons (Fsp3) is 0.917. The Morgan fingerprint density at radius 2 is 2.00 bits per heavy atom. The van der Waals surface area contributed by atoms with Gasteiger partial charge in [-0.1, -0.05) is 6.92 Å². The predicted octanol–water partition coefficient (Wildman–Crippen LogP) is 1.75. The molecule has 16 heavy (non-hydrogen) atoms. The van der Waals surface area contributed by atoms with Crippen molar-refractivity contribution >= 4 is 5.97 Å². The maximum atomic E-state index is 11.4. The molecular formula is C12H24O4. The van der Waals surface area contributed by atoms with E-state index in [9.17, 15) is 4.79 Å². The first-order valence-corrected chi connectivity index (χ1v) is 5.75. The molecule has 96 valence electrons. The number of carbonyl (C=O) groups excluding carboxylic acids is 1. The summed E-state index contributed by atoms with van der Waals surface area (Å²) in [6.45, 7) is 8.71. The van der Waals surface area contributed by atoms with Crippen molar-refractivity contribution in [1.82, 2.24) is 0 Å². The number of esters is 1. The highest BCUT2D eigenvalue weighted by Crippen LogP contribution is 2.11. The molecule has 0 aromatic carbocycles. The van der Waals surface area contributed by atoms with Crippen LogP contribution in [0, 0.1) is 5.92 Å². The molecule has 0 aliphatic carbocycles. The normalized spacial score (nSPS) is 13.6. The van der Waals surface area contributed by atoms with E-state index in [1.807, 2.05) is 27.7 Å². The molecule has 1 atom stereocenters. The van der Waals surface area contributed by atoms with Crippen LogP contribution in [-0.2, 0) is 14.3 Å². The third kappa shape index (κ3) is 9.93. The van der Waals surface area contributed by atoms with Gasteiger partial charge in [0.25, 0.3) is 0 Å². The van der Waals surface area contributed by atoms with E-state index in [1.54, 1.807) is 0 Å². The third-order valence-corrected chi connectivity index (χ3v) is 1.78. The van der Waals surface area contributed by atoms with Crippen LogP contribution in [0.4, 0.5) is 0 Å². The summed E-state index contributed by atoms with van der Waals surface area (Å²) in [5.41, 5.74) is -0.422. The summed E-state index contributed by atoms with van der Waals surface area (Å²) >= 11 is 0. The minimum Gasteiger partial charge on any atom is -0.460 e. The molecule has 0 heterocycles. The molecule has 4 heteroatoms. The highest BCUT2D eigenvalue weighted by atomic mass is 16.6. The van der Waals surface area contributed by atoms with E-state index in [0.29, 0.717) is 26.1 Å². The van der Waals surface area contributed by atoms with Crippen molar-refractivity contribution in [3.63, 3.8) is 0 Å². The summed E-state index contributed by atoms with van der Waals surface area (Å²) < 4.78 is 10.5. The van der Waals surface area contributed by atoms with E-state index >= 15 is 0 Å². The zero-order valence-electron chi connectivity index (χ0n) is 10.8. The van der Waals surface area contributed by atoms with Gasteiger partial charge in [0.1, 0.15) is 5.60 Å². The smallest absolute Gasteiger partial charge is 0.306 e. The molecule has 0 saturated heterocycles. The summed E-state index contributed by atoms with van der Waals surface area (Å²) in [7, 11) is 0.